The Hall–Kier alpha value is -1.45. The zero-order chi connectivity index (χ0) is 15.7. The quantitative estimate of drug-likeness (QED) is 0.360. The maximum atomic E-state index is 5.90. The molecule has 2 heterocycles. The first-order chi connectivity index (χ1) is 10.6. The van der Waals surface area contributed by atoms with Crippen LogP contribution < -0.4 is 11.1 Å². The average molecular weight is 442 g/mol. The minimum atomic E-state index is 0.617. The van der Waals surface area contributed by atoms with Crippen molar-refractivity contribution in [2.75, 3.05) is 17.3 Å². The molecule has 0 aliphatic carbocycles. The zero-order valence-electron chi connectivity index (χ0n) is 11.3. The molecule has 0 unspecified atom stereocenters. The van der Waals surface area contributed by atoms with Crippen LogP contribution >= 0.6 is 43.6 Å². The lowest BCUT2D eigenvalue weighted by molar-refractivity contribution is 0.993. The highest BCUT2D eigenvalue weighted by atomic mass is 79.9. The predicted molar refractivity (Wildman–Crippen MR) is 96.4 cm³/mol. The van der Waals surface area contributed by atoms with Gasteiger partial charge in [-0.15, -0.1) is 0 Å². The predicted octanol–water partition coefficient (Wildman–Crippen LogP) is 3.99. The molecule has 1 aromatic carbocycles. The van der Waals surface area contributed by atoms with Gasteiger partial charge in [0.25, 0.3) is 0 Å². The molecule has 3 aromatic rings. The van der Waals surface area contributed by atoms with Crippen molar-refractivity contribution in [1.29, 1.82) is 0 Å². The number of nitrogens with zero attached hydrogens (tertiary/aromatic N) is 4. The molecule has 0 bridgehead atoms. The highest BCUT2D eigenvalue weighted by Gasteiger charge is 2.10. The Balaban J connectivity index is 2.07. The molecular formula is C13H10Br2N6S. The Morgan fingerprint density at radius 3 is 2.55 bits per heavy atom. The lowest BCUT2D eigenvalue weighted by atomic mass is 10.3. The fraction of sp³-hybridized carbons (Fsp3) is 0.0769. The normalized spacial score (nSPS) is 10.9. The number of nitrogens with one attached hydrogen (secondary N) is 1. The summed E-state index contributed by atoms with van der Waals surface area (Å²) in [5, 5.41) is 3.91. The van der Waals surface area contributed by atoms with E-state index in [4.69, 9.17) is 5.73 Å². The number of fused-ring (bicyclic) bond motifs is 1. The van der Waals surface area contributed by atoms with Gasteiger partial charge in [0, 0.05) is 14.6 Å². The van der Waals surface area contributed by atoms with Crippen LogP contribution in [0.3, 0.4) is 0 Å². The largest absolute Gasteiger partial charge is 0.397 e. The van der Waals surface area contributed by atoms with Crippen LogP contribution in [-0.2, 0) is 0 Å². The van der Waals surface area contributed by atoms with Crippen LogP contribution in [0.2, 0.25) is 0 Å². The fourth-order valence-electron chi connectivity index (χ4n) is 1.82. The molecule has 0 aliphatic rings. The number of hydrogen-bond acceptors (Lipinski definition) is 7. The van der Waals surface area contributed by atoms with Crippen molar-refractivity contribution >= 4 is 71.8 Å². The summed E-state index contributed by atoms with van der Waals surface area (Å²) in [6.45, 7) is 0. The van der Waals surface area contributed by atoms with Crippen LogP contribution in [0, 0.1) is 0 Å². The van der Waals surface area contributed by atoms with Gasteiger partial charge in [-0.25, -0.2) is 19.9 Å². The third-order valence-corrected chi connectivity index (χ3v) is 4.75. The lowest BCUT2D eigenvalue weighted by Gasteiger charge is -2.10. The molecule has 0 fully saturated rings. The summed E-state index contributed by atoms with van der Waals surface area (Å²) in [5.74, 6) is 0.617. The van der Waals surface area contributed by atoms with Crippen molar-refractivity contribution in [3.8, 4) is 0 Å². The van der Waals surface area contributed by atoms with Gasteiger partial charge in [-0.3, -0.25) is 0 Å². The van der Waals surface area contributed by atoms with Crippen molar-refractivity contribution in [3.05, 3.63) is 33.6 Å². The minimum absolute atomic E-state index is 0.617. The van der Waals surface area contributed by atoms with Gasteiger partial charge in [-0.2, -0.15) is 0 Å². The summed E-state index contributed by atoms with van der Waals surface area (Å²) in [6, 6.07) is 3.76. The monoisotopic (exact) mass is 440 g/mol. The van der Waals surface area contributed by atoms with Gasteiger partial charge in [-0.1, -0.05) is 11.8 Å². The lowest BCUT2D eigenvalue weighted by Crippen LogP contribution is -2.00. The molecule has 0 atom stereocenters. The first-order valence-electron chi connectivity index (χ1n) is 6.12. The third kappa shape index (κ3) is 3.01. The number of aromatic nitrogens is 4. The van der Waals surface area contributed by atoms with Crippen molar-refractivity contribution in [1.82, 2.24) is 19.9 Å². The van der Waals surface area contributed by atoms with Gasteiger partial charge in [-0.05, 0) is 50.2 Å². The van der Waals surface area contributed by atoms with Crippen molar-refractivity contribution in [2.24, 2.45) is 0 Å². The Morgan fingerprint density at radius 1 is 1.14 bits per heavy atom. The molecule has 3 rings (SSSR count). The van der Waals surface area contributed by atoms with Crippen LogP contribution in [0.25, 0.3) is 11.0 Å². The molecule has 2 aromatic heterocycles. The second kappa shape index (κ2) is 6.35. The topological polar surface area (TPSA) is 89.6 Å². The number of rotatable bonds is 3. The number of nitrogen functional groups attached to an aromatic ring is 1. The molecular weight excluding hydrogens is 432 g/mol. The maximum absolute atomic E-state index is 5.90. The zero-order valence-corrected chi connectivity index (χ0v) is 15.3. The van der Waals surface area contributed by atoms with E-state index in [-0.39, 0.29) is 0 Å². The van der Waals surface area contributed by atoms with Gasteiger partial charge >= 0.3 is 0 Å². The SMILES string of the molecule is CSc1ncc2ncnc(Nc3cc(Br)c(N)c(Br)c3)c2n1. The van der Waals surface area contributed by atoms with Crippen molar-refractivity contribution in [3.63, 3.8) is 0 Å². The van der Waals surface area contributed by atoms with E-state index in [1.54, 1.807) is 6.20 Å². The van der Waals surface area contributed by atoms with Gasteiger partial charge in [0.2, 0.25) is 0 Å². The van der Waals surface area contributed by atoms with Gasteiger partial charge in [0.05, 0.1) is 11.9 Å². The van der Waals surface area contributed by atoms with Crippen LogP contribution in [0.1, 0.15) is 0 Å². The van der Waals surface area contributed by atoms with E-state index in [0.29, 0.717) is 27.7 Å². The second-order valence-electron chi connectivity index (χ2n) is 4.29. The van der Waals surface area contributed by atoms with Gasteiger partial charge in [0.1, 0.15) is 17.4 Å². The molecule has 0 amide bonds. The first kappa shape index (κ1) is 15.4. The fourth-order valence-corrected chi connectivity index (χ4v) is 3.35. The summed E-state index contributed by atoms with van der Waals surface area (Å²) in [4.78, 5) is 17.1. The Kier molecular flexibility index (Phi) is 4.46. The third-order valence-electron chi connectivity index (χ3n) is 2.88. The number of hydrogen-bond donors (Lipinski definition) is 2. The highest BCUT2D eigenvalue weighted by molar-refractivity contribution is 9.11. The molecule has 9 heteroatoms. The van der Waals surface area contributed by atoms with Crippen molar-refractivity contribution in [2.45, 2.75) is 5.16 Å². The maximum Gasteiger partial charge on any atom is 0.188 e. The van der Waals surface area contributed by atoms with E-state index in [1.165, 1.54) is 18.1 Å². The van der Waals surface area contributed by atoms with Gasteiger partial charge < -0.3 is 11.1 Å². The second-order valence-corrected chi connectivity index (χ2v) is 6.77. The average Bonchev–Trinajstić information content (AvgIpc) is 2.52. The summed E-state index contributed by atoms with van der Waals surface area (Å²) in [7, 11) is 0. The number of halogens is 2. The van der Waals surface area contributed by atoms with E-state index in [9.17, 15) is 0 Å². The Morgan fingerprint density at radius 2 is 1.86 bits per heavy atom. The summed E-state index contributed by atoms with van der Waals surface area (Å²) < 4.78 is 1.59. The molecule has 0 saturated carbocycles. The molecule has 22 heavy (non-hydrogen) atoms. The Bertz CT molecular complexity index is 834. The van der Waals surface area contributed by atoms with E-state index < -0.39 is 0 Å². The van der Waals surface area contributed by atoms with E-state index >= 15 is 0 Å². The first-order valence-corrected chi connectivity index (χ1v) is 8.93. The van der Waals surface area contributed by atoms with Crippen LogP contribution in [0.15, 0.2) is 38.8 Å². The number of anilines is 3. The van der Waals surface area contributed by atoms with Crippen LogP contribution in [-0.4, -0.2) is 26.2 Å². The number of nitrogens with two attached hydrogens (primary N) is 1. The van der Waals surface area contributed by atoms with Gasteiger partial charge in [0.15, 0.2) is 11.0 Å². The van der Waals surface area contributed by atoms with Crippen LogP contribution in [0.4, 0.5) is 17.2 Å². The van der Waals surface area contributed by atoms with E-state index in [2.05, 4.69) is 57.1 Å². The highest BCUT2D eigenvalue weighted by Crippen LogP contribution is 2.33. The summed E-state index contributed by atoms with van der Waals surface area (Å²) in [5.41, 5.74) is 8.73. The molecule has 0 saturated heterocycles. The standard InChI is InChI=1S/C13H10Br2N6S/c1-22-13-17-4-9-11(21-13)12(19-5-18-9)20-6-2-7(14)10(16)8(15)3-6/h2-5H,16H2,1H3,(H,18,19,20). The molecule has 112 valence electrons. The smallest absolute Gasteiger partial charge is 0.188 e. The Labute approximate surface area is 147 Å². The molecule has 0 spiro atoms. The van der Waals surface area contributed by atoms with Crippen LogP contribution in [0.5, 0.6) is 0 Å². The number of benzene rings is 1. The molecule has 0 aliphatic heterocycles. The molecule has 6 nitrogen and oxygen atoms in total. The summed E-state index contributed by atoms with van der Waals surface area (Å²) in [6.07, 6.45) is 5.09. The minimum Gasteiger partial charge on any atom is -0.397 e. The molecule has 3 N–H and O–H groups in total. The van der Waals surface area contributed by atoms with E-state index in [1.807, 2.05) is 18.4 Å². The molecule has 0 radical (unpaired) electrons. The van der Waals surface area contributed by atoms with Crippen molar-refractivity contribution < 1.29 is 0 Å². The van der Waals surface area contributed by atoms with E-state index in [0.717, 1.165) is 14.6 Å². The summed E-state index contributed by atoms with van der Waals surface area (Å²) >= 11 is 8.32. The number of thioether (sulfide) groups is 1.